The predicted molar refractivity (Wildman–Crippen MR) is 122 cm³/mol. The molecule has 1 saturated heterocycles. The van der Waals surface area contributed by atoms with Crippen molar-refractivity contribution in [2.45, 2.75) is 39.0 Å². The van der Waals surface area contributed by atoms with Gasteiger partial charge in [0.25, 0.3) is 11.8 Å². The van der Waals surface area contributed by atoms with Crippen LogP contribution < -0.4 is 16.4 Å². The number of nitrogens with zero attached hydrogens (tertiary/aromatic N) is 1. The molecule has 0 aromatic heterocycles. The van der Waals surface area contributed by atoms with Gasteiger partial charge in [-0.3, -0.25) is 19.3 Å². The summed E-state index contributed by atoms with van der Waals surface area (Å²) in [6.07, 6.45) is 0.461. The molecule has 32 heavy (non-hydrogen) atoms. The van der Waals surface area contributed by atoms with Gasteiger partial charge in [0.15, 0.2) is 0 Å². The first-order valence-corrected chi connectivity index (χ1v) is 10.8. The largest absolute Gasteiger partial charge is 0.373 e. The third-order valence-electron chi connectivity index (χ3n) is 5.19. The molecular weight excluding hydrogens is 408 g/mol. The van der Waals surface area contributed by atoms with Gasteiger partial charge in [0.1, 0.15) is 0 Å². The highest BCUT2D eigenvalue weighted by molar-refractivity contribution is 6.09. The molecule has 0 spiro atoms. The second kappa shape index (κ2) is 10.9. The molecule has 2 aromatic carbocycles. The number of primary amides is 1. The standard InChI is InChI=1S/C24H30N4O4/c1-16-13-28(14-17(2)32-16)15-18-7-9-19(10-8-18)23(30)27-21-6-4-3-5-20(21)24(31)26-12-11-22(25)29/h3-10,16-17H,11-15H2,1-2H3,(H2,25,29)(H,26,31)(H,27,30). The number of para-hydroxylation sites is 1. The molecule has 0 bridgehead atoms. The second-order valence-electron chi connectivity index (χ2n) is 8.12. The van der Waals surface area contributed by atoms with Gasteiger partial charge in [-0.2, -0.15) is 0 Å². The molecular formula is C24H30N4O4. The number of hydrogen-bond acceptors (Lipinski definition) is 5. The van der Waals surface area contributed by atoms with Crippen LogP contribution in [0.4, 0.5) is 5.69 Å². The van der Waals surface area contributed by atoms with Gasteiger partial charge in [0, 0.05) is 38.2 Å². The Kier molecular flexibility index (Phi) is 7.97. The molecule has 1 heterocycles. The summed E-state index contributed by atoms with van der Waals surface area (Å²) in [5.41, 5.74) is 7.44. The van der Waals surface area contributed by atoms with Gasteiger partial charge in [-0.1, -0.05) is 24.3 Å². The van der Waals surface area contributed by atoms with Crippen LogP contribution in [0.2, 0.25) is 0 Å². The highest BCUT2D eigenvalue weighted by Crippen LogP contribution is 2.18. The average Bonchev–Trinajstić information content (AvgIpc) is 2.73. The molecule has 170 valence electrons. The van der Waals surface area contributed by atoms with Gasteiger partial charge in [-0.25, -0.2) is 0 Å². The lowest BCUT2D eigenvalue weighted by atomic mass is 10.1. The van der Waals surface area contributed by atoms with E-state index in [0.29, 0.717) is 16.8 Å². The molecule has 0 radical (unpaired) electrons. The zero-order valence-electron chi connectivity index (χ0n) is 18.5. The normalized spacial score (nSPS) is 18.7. The molecule has 4 N–H and O–H groups in total. The molecule has 8 nitrogen and oxygen atoms in total. The fourth-order valence-corrected chi connectivity index (χ4v) is 3.81. The number of carbonyl (C=O) groups is 3. The first-order chi connectivity index (χ1) is 15.3. The van der Waals surface area contributed by atoms with Crippen molar-refractivity contribution in [3.63, 3.8) is 0 Å². The number of rotatable bonds is 8. The lowest BCUT2D eigenvalue weighted by Crippen LogP contribution is -2.44. The molecule has 3 rings (SSSR count). The molecule has 1 fully saturated rings. The van der Waals surface area contributed by atoms with E-state index < -0.39 is 5.91 Å². The fraction of sp³-hybridized carbons (Fsp3) is 0.375. The smallest absolute Gasteiger partial charge is 0.255 e. The van der Waals surface area contributed by atoms with E-state index in [-0.39, 0.29) is 37.0 Å². The molecule has 3 amide bonds. The van der Waals surface area contributed by atoms with Gasteiger partial charge in [-0.05, 0) is 43.7 Å². The maximum Gasteiger partial charge on any atom is 0.255 e. The lowest BCUT2D eigenvalue weighted by Gasteiger charge is -2.35. The van der Waals surface area contributed by atoms with Crippen LogP contribution in [-0.2, 0) is 16.1 Å². The first kappa shape index (κ1) is 23.4. The number of hydrogen-bond donors (Lipinski definition) is 3. The van der Waals surface area contributed by atoms with Crippen LogP contribution in [0.5, 0.6) is 0 Å². The second-order valence-corrected chi connectivity index (χ2v) is 8.12. The van der Waals surface area contributed by atoms with Gasteiger partial charge in [0.2, 0.25) is 5.91 Å². The van der Waals surface area contributed by atoms with E-state index in [1.807, 2.05) is 12.1 Å². The van der Waals surface area contributed by atoms with Crippen molar-refractivity contribution in [2.75, 3.05) is 25.0 Å². The summed E-state index contributed by atoms with van der Waals surface area (Å²) in [6, 6.07) is 14.2. The molecule has 2 atom stereocenters. The number of morpholine rings is 1. The van der Waals surface area contributed by atoms with Crippen LogP contribution in [0.15, 0.2) is 48.5 Å². The lowest BCUT2D eigenvalue weighted by molar-refractivity contribution is -0.117. The van der Waals surface area contributed by atoms with Crippen LogP contribution in [0.25, 0.3) is 0 Å². The monoisotopic (exact) mass is 438 g/mol. The first-order valence-electron chi connectivity index (χ1n) is 10.8. The van der Waals surface area contributed by atoms with E-state index in [0.717, 1.165) is 25.2 Å². The van der Waals surface area contributed by atoms with Crippen LogP contribution in [0, 0.1) is 0 Å². The van der Waals surface area contributed by atoms with Crippen LogP contribution in [0.1, 0.15) is 46.5 Å². The molecule has 2 unspecified atom stereocenters. The summed E-state index contributed by atoms with van der Waals surface area (Å²) >= 11 is 0. The van der Waals surface area contributed by atoms with Crippen molar-refractivity contribution < 1.29 is 19.1 Å². The molecule has 0 saturated carbocycles. The quantitative estimate of drug-likeness (QED) is 0.584. The number of anilines is 1. The summed E-state index contributed by atoms with van der Waals surface area (Å²) in [5, 5.41) is 5.43. The Balaban J connectivity index is 1.61. The number of ether oxygens (including phenoxy) is 1. The SMILES string of the molecule is CC1CN(Cc2ccc(C(=O)Nc3ccccc3C(=O)NCCC(N)=O)cc2)CC(C)O1. The van der Waals surface area contributed by atoms with Gasteiger partial charge >= 0.3 is 0 Å². The van der Waals surface area contributed by atoms with E-state index in [1.54, 1.807) is 36.4 Å². The van der Waals surface area contributed by atoms with Crippen LogP contribution in [0.3, 0.4) is 0 Å². The van der Waals surface area contributed by atoms with Crippen molar-refractivity contribution in [2.24, 2.45) is 5.73 Å². The third-order valence-corrected chi connectivity index (χ3v) is 5.19. The van der Waals surface area contributed by atoms with Crippen molar-refractivity contribution >= 4 is 23.4 Å². The number of carbonyl (C=O) groups excluding carboxylic acids is 3. The van der Waals surface area contributed by atoms with E-state index in [9.17, 15) is 14.4 Å². The Labute approximate surface area is 188 Å². The average molecular weight is 439 g/mol. The Bertz CT molecular complexity index is 951. The van der Waals surface area contributed by atoms with Crippen molar-refractivity contribution in [3.8, 4) is 0 Å². The predicted octanol–water partition coefficient (Wildman–Crippen LogP) is 2.15. The summed E-state index contributed by atoms with van der Waals surface area (Å²) in [7, 11) is 0. The van der Waals surface area contributed by atoms with Crippen molar-refractivity contribution in [1.29, 1.82) is 0 Å². The van der Waals surface area contributed by atoms with Gasteiger partial charge in [0.05, 0.1) is 23.5 Å². The van der Waals surface area contributed by atoms with E-state index >= 15 is 0 Å². The zero-order chi connectivity index (χ0) is 23.1. The Hall–Kier alpha value is -3.23. The molecule has 1 aliphatic heterocycles. The van der Waals surface area contributed by atoms with Gasteiger partial charge < -0.3 is 21.1 Å². The maximum absolute atomic E-state index is 12.7. The number of nitrogens with one attached hydrogen (secondary N) is 2. The fourth-order valence-electron chi connectivity index (χ4n) is 3.81. The highest BCUT2D eigenvalue weighted by atomic mass is 16.5. The van der Waals surface area contributed by atoms with Gasteiger partial charge in [-0.15, -0.1) is 0 Å². The summed E-state index contributed by atoms with van der Waals surface area (Å²) in [4.78, 5) is 38.4. The number of amides is 3. The number of nitrogens with two attached hydrogens (primary N) is 1. The van der Waals surface area contributed by atoms with E-state index in [4.69, 9.17) is 10.5 Å². The molecule has 0 aliphatic carbocycles. The summed E-state index contributed by atoms with van der Waals surface area (Å²) in [6.45, 7) is 6.85. The van der Waals surface area contributed by atoms with Crippen LogP contribution >= 0.6 is 0 Å². The Morgan fingerprint density at radius 1 is 1.00 bits per heavy atom. The third kappa shape index (κ3) is 6.63. The van der Waals surface area contributed by atoms with E-state index in [2.05, 4.69) is 29.4 Å². The minimum Gasteiger partial charge on any atom is -0.373 e. The Morgan fingerprint density at radius 2 is 1.66 bits per heavy atom. The van der Waals surface area contributed by atoms with E-state index in [1.165, 1.54) is 0 Å². The minimum atomic E-state index is -0.493. The van der Waals surface area contributed by atoms with Crippen molar-refractivity contribution in [3.05, 3.63) is 65.2 Å². The molecule has 1 aliphatic rings. The highest BCUT2D eigenvalue weighted by Gasteiger charge is 2.22. The summed E-state index contributed by atoms with van der Waals surface area (Å²) < 4.78 is 5.78. The molecule has 2 aromatic rings. The molecule has 8 heteroatoms. The maximum atomic E-state index is 12.7. The van der Waals surface area contributed by atoms with Crippen LogP contribution in [-0.4, -0.2) is 54.5 Å². The summed E-state index contributed by atoms with van der Waals surface area (Å²) in [5.74, 6) is -1.18. The zero-order valence-corrected chi connectivity index (χ0v) is 18.5. The topological polar surface area (TPSA) is 114 Å². The van der Waals surface area contributed by atoms with Crippen molar-refractivity contribution in [1.82, 2.24) is 10.2 Å². The minimum absolute atomic E-state index is 0.0505. The Morgan fingerprint density at radius 3 is 2.31 bits per heavy atom. The number of benzene rings is 2.